The van der Waals surface area contributed by atoms with E-state index in [4.69, 9.17) is 9.72 Å². The van der Waals surface area contributed by atoms with Crippen molar-refractivity contribution in [3.8, 4) is 22.5 Å². The van der Waals surface area contributed by atoms with Crippen molar-refractivity contribution >= 4 is 28.9 Å². The minimum Gasteiger partial charge on any atom is -0.478 e. The lowest BCUT2D eigenvalue weighted by atomic mass is 9.83. The average Bonchev–Trinajstić information content (AvgIpc) is 3.38. The highest BCUT2D eigenvalue weighted by atomic mass is 19.1. The number of fused-ring (bicyclic) bond motifs is 1. The molecule has 1 amide bonds. The van der Waals surface area contributed by atoms with Gasteiger partial charge in [0.25, 0.3) is 0 Å². The summed E-state index contributed by atoms with van der Waals surface area (Å²) in [5, 5.41) is 10.4. The van der Waals surface area contributed by atoms with Crippen molar-refractivity contribution in [2.75, 3.05) is 26.3 Å². The molecule has 0 spiro atoms. The Kier molecular flexibility index (Phi) is 8.15. The van der Waals surface area contributed by atoms with Crippen LogP contribution in [0.1, 0.15) is 49.3 Å². The minimum absolute atomic E-state index is 0.0123. The lowest BCUT2D eigenvalue weighted by Gasteiger charge is -2.28. The van der Waals surface area contributed by atoms with Crippen LogP contribution in [0.15, 0.2) is 66.7 Å². The number of nitrogens with zero attached hydrogens (tertiary/aromatic N) is 3. The van der Waals surface area contributed by atoms with Crippen LogP contribution < -0.4 is 0 Å². The second-order valence-electron chi connectivity index (χ2n) is 11.1. The van der Waals surface area contributed by atoms with Gasteiger partial charge in [-0.3, -0.25) is 4.79 Å². The van der Waals surface area contributed by atoms with Gasteiger partial charge in [0, 0.05) is 35.8 Å². The Bertz CT molecular complexity index is 1630. The lowest BCUT2D eigenvalue weighted by Crippen LogP contribution is -2.42. The summed E-state index contributed by atoms with van der Waals surface area (Å²) in [6.07, 6.45) is 8.38. The zero-order valence-electron chi connectivity index (χ0n) is 23.5. The summed E-state index contributed by atoms with van der Waals surface area (Å²) in [5.74, 6) is -0.996. The molecule has 6 rings (SSSR count). The molecule has 0 bridgehead atoms. The van der Waals surface area contributed by atoms with Crippen LogP contribution in [-0.2, 0) is 20.9 Å². The van der Waals surface area contributed by atoms with Crippen molar-refractivity contribution < 1.29 is 23.8 Å². The maximum absolute atomic E-state index is 13.5. The Morgan fingerprint density at radius 1 is 0.952 bits per heavy atom. The molecule has 0 radical (unpaired) electrons. The summed E-state index contributed by atoms with van der Waals surface area (Å²) in [7, 11) is 0. The number of carbonyl (C=O) groups is 2. The van der Waals surface area contributed by atoms with Crippen molar-refractivity contribution in [3.63, 3.8) is 0 Å². The summed E-state index contributed by atoms with van der Waals surface area (Å²) in [6, 6.07) is 18.4. The van der Waals surface area contributed by atoms with Crippen molar-refractivity contribution in [3.05, 3.63) is 83.8 Å². The molecule has 42 heavy (non-hydrogen) atoms. The third kappa shape index (κ3) is 5.99. The average molecular weight is 568 g/mol. The number of ether oxygens (including phenoxy) is 1. The van der Waals surface area contributed by atoms with E-state index in [1.165, 1.54) is 18.6 Å². The van der Waals surface area contributed by atoms with Gasteiger partial charge >= 0.3 is 5.97 Å². The molecule has 1 saturated carbocycles. The Balaban J connectivity index is 1.45. The number of aromatic nitrogens is 2. The number of hydrogen-bond acceptors (Lipinski definition) is 4. The van der Waals surface area contributed by atoms with Crippen LogP contribution in [0.4, 0.5) is 4.39 Å². The zero-order valence-corrected chi connectivity index (χ0v) is 23.5. The topological polar surface area (TPSA) is 84.7 Å². The predicted octanol–water partition coefficient (Wildman–Crippen LogP) is 6.51. The third-order valence-electron chi connectivity index (χ3n) is 8.36. The van der Waals surface area contributed by atoms with Crippen LogP contribution in [0.25, 0.3) is 39.5 Å². The summed E-state index contributed by atoms with van der Waals surface area (Å²) >= 11 is 0. The molecule has 4 aromatic rings. The molecular formula is C34H34FN3O4. The van der Waals surface area contributed by atoms with Gasteiger partial charge in [-0.05, 0) is 84.5 Å². The Labute approximate surface area is 244 Å². The summed E-state index contributed by atoms with van der Waals surface area (Å²) in [4.78, 5) is 31.7. The van der Waals surface area contributed by atoms with Crippen LogP contribution in [0.5, 0.6) is 0 Å². The molecule has 2 aliphatic rings. The van der Waals surface area contributed by atoms with E-state index in [9.17, 15) is 19.1 Å². The van der Waals surface area contributed by atoms with E-state index in [-0.39, 0.29) is 18.3 Å². The first kappa shape index (κ1) is 27.8. The molecule has 0 atom stereocenters. The van der Waals surface area contributed by atoms with Gasteiger partial charge in [-0.15, -0.1) is 0 Å². The monoisotopic (exact) mass is 567 g/mol. The Morgan fingerprint density at radius 2 is 1.69 bits per heavy atom. The van der Waals surface area contributed by atoms with Crippen LogP contribution in [-0.4, -0.2) is 57.7 Å². The van der Waals surface area contributed by atoms with Crippen molar-refractivity contribution in [2.24, 2.45) is 0 Å². The Morgan fingerprint density at radius 3 is 2.43 bits per heavy atom. The number of carboxylic acid groups (broad SMARTS) is 1. The number of benzene rings is 2. The molecule has 1 aliphatic carbocycles. The summed E-state index contributed by atoms with van der Waals surface area (Å²) in [6.45, 7) is 2.23. The highest BCUT2D eigenvalue weighted by molar-refractivity contribution is 5.89. The Hall–Kier alpha value is -4.30. The number of hydrogen-bond donors (Lipinski definition) is 1. The van der Waals surface area contributed by atoms with Gasteiger partial charge < -0.3 is 19.3 Å². The van der Waals surface area contributed by atoms with Crippen LogP contribution >= 0.6 is 0 Å². The highest BCUT2D eigenvalue weighted by Gasteiger charge is 2.27. The first-order valence-electron chi connectivity index (χ1n) is 14.6. The van der Waals surface area contributed by atoms with Crippen LogP contribution in [0.3, 0.4) is 0 Å². The van der Waals surface area contributed by atoms with E-state index in [1.54, 1.807) is 18.2 Å². The number of pyridine rings is 1. The van der Waals surface area contributed by atoms with Crippen LogP contribution in [0.2, 0.25) is 0 Å². The predicted molar refractivity (Wildman–Crippen MR) is 160 cm³/mol. The van der Waals surface area contributed by atoms with Crippen LogP contribution in [0, 0.1) is 5.82 Å². The molecule has 7 nitrogen and oxygen atoms in total. The van der Waals surface area contributed by atoms with Gasteiger partial charge in [0.2, 0.25) is 5.91 Å². The quantitative estimate of drug-likeness (QED) is 0.257. The molecular weight excluding hydrogens is 533 g/mol. The second kappa shape index (κ2) is 12.3. The van der Waals surface area contributed by atoms with Gasteiger partial charge in [-0.2, -0.15) is 0 Å². The first-order valence-corrected chi connectivity index (χ1v) is 14.6. The maximum Gasteiger partial charge on any atom is 0.328 e. The number of halogens is 1. The van der Waals surface area contributed by atoms with E-state index >= 15 is 0 Å². The minimum atomic E-state index is -1.03. The number of morpholine rings is 1. The number of amides is 1. The van der Waals surface area contributed by atoms with Gasteiger partial charge in [-0.25, -0.2) is 14.2 Å². The molecule has 1 aliphatic heterocycles. The third-order valence-corrected chi connectivity index (χ3v) is 8.36. The van der Waals surface area contributed by atoms with Gasteiger partial charge in [0.15, 0.2) is 0 Å². The largest absolute Gasteiger partial charge is 0.478 e. The van der Waals surface area contributed by atoms with Gasteiger partial charge in [0.1, 0.15) is 12.4 Å². The van der Waals surface area contributed by atoms with E-state index < -0.39 is 5.97 Å². The summed E-state index contributed by atoms with van der Waals surface area (Å²) < 4.78 is 20.9. The standard InChI is InChI=1S/C34H34FN3O4/c35-27-10-6-24(7-11-27)30-13-8-25-20-26(9-14-31(25)36-30)34-29(23-4-2-1-3-5-23)21-28(12-15-33(40)41)38(34)22-32(39)37-16-18-42-19-17-37/h6-15,20-21,23H,1-5,16-19,22H2,(H,40,41)/b15-12+. The first-order chi connectivity index (χ1) is 20.5. The molecule has 3 heterocycles. The fraction of sp³-hybridized carbons (Fsp3) is 0.324. The number of aliphatic carboxylic acids is 1. The van der Waals surface area contributed by atoms with Crippen molar-refractivity contribution in [2.45, 2.75) is 44.6 Å². The van der Waals surface area contributed by atoms with E-state index in [2.05, 4.69) is 12.1 Å². The molecule has 1 saturated heterocycles. The molecule has 2 aromatic carbocycles. The normalized spacial score (nSPS) is 16.4. The van der Waals surface area contributed by atoms with E-state index in [0.29, 0.717) is 37.9 Å². The smallest absolute Gasteiger partial charge is 0.328 e. The molecule has 2 fully saturated rings. The zero-order chi connectivity index (χ0) is 29.1. The fourth-order valence-corrected chi connectivity index (χ4v) is 6.21. The number of carboxylic acids is 1. The molecule has 8 heteroatoms. The SMILES string of the molecule is O=C(O)/C=C/c1cc(C2CCCCC2)c(-c2ccc3nc(-c4ccc(F)cc4)ccc3c2)n1CC(=O)N1CCOCC1. The van der Waals surface area contributed by atoms with E-state index in [1.807, 2.05) is 33.7 Å². The number of carbonyl (C=O) groups excluding carboxylic acids is 1. The number of rotatable bonds is 7. The van der Waals surface area contributed by atoms with Gasteiger partial charge in [-0.1, -0.05) is 31.4 Å². The molecule has 1 N–H and O–H groups in total. The lowest BCUT2D eigenvalue weighted by molar-refractivity contribution is -0.136. The highest BCUT2D eigenvalue weighted by Crippen LogP contribution is 2.41. The van der Waals surface area contributed by atoms with Crippen molar-refractivity contribution in [1.29, 1.82) is 0 Å². The fourth-order valence-electron chi connectivity index (χ4n) is 6.21. The molecule has 2 aromatic heterocycles. The maximum atomic E-state index is 13.5. The molecule has 216 valence electrons. The second-order valence-corrected chi connectivity index (χ2v) is 11.1. The van der Waals surface area contributed by atoms with Gasteiger partial charge in [0.05, 0.1) is 30.1 Å². The summed E-state index contributed by atoms with van der Waals surface area (Å²) in [5.41, 5.74) is 6.20. The van der Waals surface area contributed by atoms with Crippen molar-refractivity contribution in [1.82, 2.24) is 14.5 Å². The van der Waals surface area contributed by atoms with E-state index in [0.717, 1.165) is 70.7 Å². The molecule has 0 unspecified atom stereocenters.